The maximum Gasteiger partial charge on any atom is 0.274 e. The van der Waals surface area contributed by atoms with Gasteiger partial charge in [0.1, 0.15) is 0 Å². The minimum absolute atomic E-state index is 0.0924. The topological polar surface area (TPSA) is 77.8 Å². The Morgan fingerprint density at radius 1 is 1.24 bits per heavy atom. The summed E-state index contributed by atoms with van der Waals surface area (Å²) in [6, 6.07) is 13.0. The van der Waals surface area contributed by atoms with E-state index < -0.39 is 0 Å². The van der Waals surface area contributed by atoms with Crippen LogP contribution < -0.4 is 0 Å². The summed E-state index contributed by atoms with van der Waals surface area (Å²) in [6.45, 7) is 2.05. The average Bonchev–Trinajstić information content (AvgIpc) is 2.93. The lowest BCUT2D eigenvalue weighted by Gasteiger charge is -1.98. The van der Waals surface area contributed by atoms with Gasteiger partial charge in [0.05, 0.1) is 11.3 Å². The number of carbonyl (C=O) groups is 1. The van der Waals surface area contributed by atoms with Crippen LogP contribution in [-0.2, 0) is 11.2 Å². The van der Waals surface area contributed by atoms with Gasteiger partial charge in [0, 0.05) is 15.3 Å². The summed E-state index contributed by atoms with van der Waals surface area (Å²) in [6.07, 6.45) is 0.870. The number of aromatic nitrogens is 1. The molecule has 0 unspecified atom stereocenters. The number of H-pyrrole nitrogens is 1. The van der Waals surface area contributed by atoms with Crippen LogP contribution in [0.25, 0.3) is 10.9 Å². The maximum atomic E-state index is 11.9. The van der Waals surface area contributed by atoms with Crippen molar-refractivity contribution in [3.05, 3.63) is 53.1 Å². The fourth-order valence-electron chi connectivity index (χ4n) is 2.34. The number of hydrogen-bond donors (Lipinski definition) is 2. The van der Waals surface area contributed by atoms with E-state index in [0.29, 0.717) is 5.02 Å². The van der Waals surface area contributed by atoms with Gasteiger partial charge in [-0.25, -0.2) is 0 Å². The van der Waals surface area contributed by atoms with Gasteiger partial charge in [-0.3, -0.25) is 4.79 Å². The number of nitrogens with zero attached hydrogens (tertiary/aromatic N) is 2. The van der Waals surface area contributed by atoms with Crippen molar-refractivity contribution in [3.63, 3.8) is 0 Å². The number of amides is 1. The van der Waals surface area contributed by atoms with Gasteiger partial charge in [0.2, 0.25) is 5.88 Å². The summed E-state index contributed by atoms with van der Waals surface area (Å²) >= 11 is 7.18. The molecule has 2 aromatic carbocycles. The molecule has 0 saturated carbocycles. The molecule has 128 valence electrons. The van der Waals surface area contributed by atoms with Gasteiger partial charge >= 0.3 is 0 Å². The Hall–Kier alpha value is -2.31. The first-order valence-corrected chi connectivity index (χ1v) is 9.09. The number of hydrogen-bond acceptors (Lipinski definition) is 4. The summed E-state index contributed by atoms with van der Waals surface area (Å²) in [7, 11) is 0. The van der Waals surface area contributed by atoms with Crippen LogP contribution >= 0.6 is 23.4 Å². The van der Waals surface area contributed by atoms with Crippen molar-refractivity contribution in [2.24, 2.45) is 10.2 Å². The number of aromatic amines is 1. The van der Waals surface area contributed by atoms with Gasteiger partial charge in [0.25, 0.3) is 5.91 Å². The molecule has 2 N–H and O–H groups in total. The summed E-state index contributed by atoms with van der Waals surface area (Å²) < 4.78 is 0. The minimum atomic E-state index is -0.375. The molecular weight excluding hydrogens is 358 g/mol. The Balaban J connectivity index is 1.72. The third-order valence-corrected chi connectivity index (χ3v) is 4.91. The molecule has 0 aliphatic rings. The van der Waals surface area contributed by atoms with Crippen LogP contribution in [0.2, 0.25) is 5.02 Å². The predicted octanol–water partition coefficient (Wildman–Crippen LogP) is 5.49. The Morgan fingerprint density at radius 2 is 2.00 bits per heavy atom. The summed E-state index contributed by atoms with van der Waals surface area (Å²) in [5, 5.41) is 19.1. The van der Waals surface area contributed by atoms with E-state index in [2.05, 4.69) is 15.2 Å². The molecule has 25 heavy (non-hydrogen) atoms. The van der Waals surface area contributed by atoms with Crippen molar-refractivity contribution in [1.29, 1.82) is 0 Å². The third-order valence-electron chi connectivity index (χ3n) is 3.66. The van der Waals surface area contributed by atoms with E-state index in [1.807, 2.05) is 37.3 Å². The zero-order valence-electron chi connectivity index (χ0n) is 13.5. The standard InChI is InChI=1S/C18H16ClN3O2S/c1-2-11-3-8-15-14(9-11)17(18(24)20-15)22-21-16(23)10-25-13-6-4-12(19)5-7-13/h3-9,20,24H,2,10H2,1H3. The minimum Gasteiger partial charge on any atom is -0.493 e. The highest BCUT2D eigenvalue weighted by atomic mass is 35.5. The van der Waals surface area contributed by atoms with Gasteiger partial charge in [-0.2, -0.15) is 0 Å². The van der Waals surface area contributed by atoms with Gasteiger partial charge < -0.3 is 10.1 Å². The molecule has 3 rings (SSSR count). The number of aryl methyl sites for hydroxylation is 1. The quantitative estimate of drug-likeness (QED) is 0.458. The van der Waals surface area contributed by atoms with E-state index in [1.54, 1.807) is 12.1 Å². The van der Waals surface area contributed by atoms with Crippen LogP contribution in [0.1, 0.15) is 12.5 Å². The third kappa shape index (κ3) is 4.21. The lowest BCUT2D eigenvalue weighted by molar-refractivity contribution is -0.115. The highest BCUT2D eigenvalue weighted by molar-refractivity contribution is 8.00. The number of halogens is 1. The molecule has 0 aliphatic carbocycles. The van der Waals surface area contributed by atoms with Crippen LogP contribution in [0, 0.1) is 0 Å². The molecule has 1 aromatic heterocycles. The molecule has 0 saturated heterocycles. The molecule has 5 nitrogen and oxygen atoms in total. The van der Waals surface area contributed by atoms with Crippen molar-refractivity contribution < 1.29 is 9.90 Å². The first-order valence-electron chi connectivity index (χ1n) is 7.73. The number of benzene rings is 2. The zero-order chi connectivity index (χ0) is 17.8. The van der Waals surface area contributed by atoms with Gasteiger partial charge in [-0.1, -0.05) is 24.6 Å². The lowest BCUT2D eigenvalue weighted by atomic mass is 10.1. The Kier molecular flexibility index (Phi) is 5.40. The van der Waals surface area contributed by atoms with E-state index in [1.165, 1.54) is 11.8 Å². The van der Waals surface area contributed by atoms with Crippen LogP contribution in [0.5, 0.6) is 5.88 Å². The largest absolute Gasteiger partial charge is 0.493 e. The first kappa shape index (κ1) is 17.5. The van der Waals surface area contributed by atoms with E-state index in [4.69, 9.17) is 11.6 Å². The molecule has 0 atom stereocenters. The van der Waals surface area contributed by atoms with Crippen LogP contribution in [0.4, 0.5) is 5.69 Å². The fourth-order valence-corrected chi connectivity index (χ4v) is 3.14. The Morgan fingerprint density at radius 3 is 2.72 bits per heavy atom. The molecule has 0 spiro atoms. The second-order valence-corrected chi connectivity index (χ2v) is 6.88. The second-order valence-electron chi connectivity index (χ2n) is 5.39. The molecule has 7 heteroatoms. The van der Waals surface area contributed by atoms with E-state index >= 15 is 0 Å². The Bertz CT molecular complexity index is 935. The van der Waals surface area contributed by atoms with Crippen LogP contribution in [-0.4, -0.2) is 21.8 Å². The fraction of sp³-hybridized carbons (Fsp3) is 0.167. The maximum absolute atomic E-state index is 11.9. The average molecular weight is 374 g/mol. The number of carbonyl (C=O) groups excluding carboxylic acids is 1. The van der Waals surface area contributed by atoms with Gasteiger partial charge in [-0.15, -0.1) is 22.0 Å². The van der Waals surface area contributed by atoms with Crippen molar-refractivity contribution in [2.75, 3.05) is 5.75 Å². The normalized spacial score (nSPS) is 11.4. The highest BCUT2D eigenvalue weighted by Gasteiger charge is 2.11. The van der Waals surface area contributed by atoms with Crippen LogP contribution in [0.3, 0.4) is 0 Å². The SMILES string of the molecule is CCc1ccc2[nH]c(O)c(N=NC(=O)CSc3ccc(Cl)cc3)c2c1. The Labute approximate surface area is 154 Å². The van der Waals surface area contributed by atoms with Crippen LogP contribution in [0.15, 0.2) is 57.6 Å². The molecule has 0 fully saturated rings. The van der Waals surface area contributed by atoms with E-state index in [-0.39, 0.29) is 23.2 Å². The summed E-state index contributed by atoms with van der Waals surface area (Å²) in [4.78, 5) is 15.7. The van der Waals surface area contributed by atoms with Gasteiger partial charge in [0.15, 0.2) is 5.69 Å². The van der Waals surface area contributed by atoms with Crippen molar-refractivity contribution in [2.45, 2.75) is 18.2 Å². The van der Waals surface area contributed by atoms with E-state index in [9.17, 15) is 9.90 Å². The number of rotatable bonds is 5. The molecule has 3 aromatic rings. The van der Waals surface area contributed by atoms with Gasteiger partial charge in [-0.05, 0) is 48.4 Å². The molecule has 0 bridgehead atoms. The summed E-state index contributed by atoms with van der Waals surface area (Å²) in [5.74, 6) is -0.306. The number of azo groups is 1. The van der Waals surface area contributed by atoms with Crippen molar-refractivity contribution in [3.8, 4) is 5.88 Å². The second kappa shape index (κ2) is 7.72. The first-order chi connectivity index (χ1) is 12.1. The molecule has 1 amide bonds. The number of fused-ring (bicyclic) bond motifs is 1. The molecule has 0 radical (unpaired) electrons. The van der Waals surface area contributed by atoms with Crippen molar-refractivity contribution in [1.82, 2.24) is 4.98 Å². The highest BCUT2D eigenvalue weighted by Crippen LogP contribution is 2.36. The zero-order valence-corrected chi connectivity index (χ0v) is 15.1. The molecular formula is C18H16ClN3O2S. The predicted molar refractivity (Wildman–Crippen MR) is 101 cm³/mol. The molecule has 0 aliphatic heterocycles. The van der Waals surface area contributed by atoms with Crippen molar-refractivity contribution >= 4 is 45.9 Å². The van der Waals surface area contributed by atoms with E-state index in [0.717, 1.165) is 27.8 Å². The monoisotopic (exact) mass is 373 g/mol. The smallest absolute Gasteiger partial charge is 0.274 e. The number of aromatic hydroxyl groups is 1. The lowest BCUT2D eigenvalue weighted by Crippen LogP contribution is -1.95. The number of thioether (sulfide) groups is 1. The molecule has 1 heterocycles. The number of nitrogens with one attached hydrogen (secondary N) is 1. The summed E-state index contributed by atoms with van der Waals surface area (Å²) in [5.41, 5.74) is 2.16.